The maximum atomic E-state index is 13.1. The molecule has 1 atom stereocenters. The molecule has 0 spiro atoms. The van der Waals surface area contributed by atoms with Crippen molar-refractivity contribution in [2.45, 2.75) is 19.0 Å². The molecule has 1 aliphatic heterocycles. The minimum Gasteiger partial charge on any atom is -0.314 e. The van der Waals surface area contributed by atoms with Crippen LogP contribution < -0.4 is 0 Å². The quantitative estimate of drug-likeness (QED) is 0.625. The first-order chi connectivity index (χ1) is 12.7. The lowest BCUT2D eigenvalue weighted by Crippen LogP contribution is -2.40. The van der Waals surface area contributed by atoms with E-state index in [-0.39, 0.29) is 5.91 Å². The van der Waals surface area contributed by atoms with Gasteiger partial charge in [0.05, 0.1) is 0 Å². The Kier molecular flexibility index (Phi) is 4.07. The molecule has 0 saturated carbocycles. The largest absolute Gasteiger partial charge is 0.314 e. The van der Waals surface area contributed by atoms with E-state index < -0.39 is 5.54 Å². The van der Waals surface area contributed by atoms with Crippen LogP contribution in [0.5, 0.6) is 0 Å². The van der Waals surface area contributed by atoms with Crippen LogP contribution in [0.3, 0.4) is 0 Å². The molecule has 1 amide bonds. The van der Waals surface area contributed by atoms with Gasteiger partial charge in [0.1, 0.15) is 5.54 Å². The summed E-state index contributed by atoms with van der Waals surface area (Å²) in [4.78, 5) is 15.0. The lowest BCUT2D eigenvalue weighted by atomic mass is 9.91. The van der Waals surface area contributed by atoms with Crippen molar-refractivity contribution in [2.75, 3.05) is 0 Å². The first-order valence-electron chi connectivity index (χ1n) is 8.72. The summed E-state index contributed by atoms with van der Waals surface area (Å²) >= 11 is 0. The molecule has 1 heterocycles. The number of hydrogen-bond acceptors (Lipinski definition) is 1. The molecule has 3 aromatic carbocycles. The predicted molar refractivity (Wildman–Crippen MR) is 103 cm³/mol. The summed E-state index contributed by atoms with van der Waals surface area (Å²) in [5, 5.41) is 0. The average Bonchev–Trinajstić information content (AvgIpc) is 2.91. The van der Waals surface area contributed by atoms with Crippen molar-refractivity contribution in [2.24, 2.45) is 0 Å². The molecule has 0 aromatic heterocycles. The summed E-state index contributed by atoms with van der Waals surface area (Å²) in [5.74, 6) is 6.68. The molecule has 0 saturated heterocycles. The Labute approximate surface area is 154 Å². The van der Waals surface area contributed by atoms with Gasteiger partial charge in [0.2, 0.25) is 0 Å². The number of hydrogen-bond donors (Lipinski definition) is 0. The Bertz CT molecular complexity index is 998. The van der Waals surface area contributed by atoms with Crippen LogP contribution >= 0.6 is 0 Å². The van der Waals surface area contributed by atoms with Gasteiger partial charge in [-0.25, -0.2) is 0 Å². The van der Waals surface area contributed by atoms with Gasteiger partial charge in [0.25, 0.3) is 5.91 Å². The molecule has 26 heavy (non-hydrogen) atoms. The summed E-state index contributed by atoms with van der Waals surface area (Å²) in [7, 11) is 0. The van der Waals surface area contributed by atoms with Gasteiger partial charge in [-0.1, -0.05) is 78.6 Å². The van der Waals surface area contributed by atoms with Crippen LogP contribution in [0.25, 0.3) is 0 Å². The van der Waals surface area contributed by atoms with Crippen LogP contribution in [0.4, 0.5) is 0 Å². The fourth-order valence-corrected chi connectivity index (χ4v) is 3.43. The van der Waals surface area contributed by atoms with Crippen molar-refractivity contribution in [3.05, 3.63) is 107 Å². The normalized spacial score (nSPS) is 18.2. The Morgan fingerprint density at radius 2 is 1.46 bits per heavy atom. The third-order valence-electron chi connectivity index (χ3n) is 4.87. The fraction of sp³-hybridized carbons (Fsp3) is 0.125. The van der Waals surface area contributed by atoms with Crippen LogP contribution in [0.2, 0.25) is 0 Å². The van der Waals surface area contributed by atoms with E-state index in [0.717, 1.165) is 22.3 Å². The maximum absolute atomic E-state index is 13.1. The second-order valence-electron chi connectivity index (χ2n) is 6.61. The van der Waals surface area contributed by atoms with Gasteiger partial charge in [0.15, 0.2) is 0 Å². The molecule has 3 aromatic rings. The predicted octanol–water partition coefficient (Wildman–Crippen LogP) is 4.61. The lowest BCUT2D eigenvalue weighted by Gasteiger charge is -2.31. The summed E-state index contributed by atoms with van der Waals surface area (Å²) in [6.45, 7) is 2.57. The first-order valence-corrected chi connectivity index (χ1v) is 8.72. The Balaban J connectivity index is 1.79. The number of nitrogens with zero attached hydrogens (tertiary/aromatic N) is 1. The van der Waals surface area contributed by atoms with Crippen molar-refractivity contribution in [3.8, 4) is 11.8 Å². The maximum Gasteiger partial charge on any atom is 0.256 e. The molecule has 4 rings (SSSR count). The molecular formula is C24H19NO. The molecule has 1 aliphatic rings. The van der Waals surface area contributed by atoms with Gasteiger partial charge < -0.3 is 4.90 Å². The number of benzene rings is 3. The van der Waals surface area contributed by atoms with Gasteiger partial charge in [0, 0.05) is 23.2 Å². The van der Waals surface area contributed by atoms with Crippen molar-refractivity contribution < 1.29 is 4.79 Å². The standard InChI is InChI=1S/C24H19NO/c1-24(17-16-19-10-4-2-5-11-19)22-15-9-8-14-21(22)23(26)25(24)18-20-12-6-3-7-13-20/h2-15H,18H2,1H3. The summed E-state index contributed by atoms with van der Waals surface area (Å²) < 4.78 is 0. The monoisotopic (exact) mass is 337 g/mol. The number of rotatable bonds is 2. The van der Waals surface area contributed by atoms with Crippen LogP contribution in [0, 0.1) is 11.8 Å². The number of carbonyl (C=O) groups excluding carboxylic acids is 1. The van der Waals surface area contributed by atoms with E-state index in [0.29, 0.717) is 6.54 Å². The molecular weight excluding hydrogens is 318 g/mol. The zero-order chi connectivity index (χ0) is 18.0. The Hall–Kier alpha value is -3.31. The highest BCUT2D eigenvalue weighted by molar-refractivity contribution is 6.00. The smallest absolute Gasteiger partial charge is 0.256 e. The Morgan fingerprint density at radius 3 is 2.19 bits per heavy atom. The van der Waals surface area contributed by atoms with Crippen molar-refractivity contribution in [1.29, 1.82) is 0 Å². The van der Waals surface area contributed by atoms with Crippen molar-refractivity contribution in [1.82, 2.24) is 4.90 Å². The molecule has 126 valence electrons. The summed E-state index contributed by atoms with van der Waals surface area (Å²) in [5.41, 5.74) is 3.11. The third kappa shape index (κ3) is 2.78. The molecule has 0 bridgehead atoms. The SMILES string of the molecule is CC1(C#Cc2ccccc2)c2ccccc2C(=O)N1Cc1ccccc1. The van der Waals surface area contributed by atoms with Crippen LogP contribution in [0.1, 0.15) is 34.0 Å². The molecule has 0 fully saturated rings. The second-order valence-corrected chi connectivity index (χ2v) is 6.61. The van der Waals surface area contributed by atoms with Gasteiger partial charge in [-0.15, -0.1) is 0 Å². The third-order valence-corrected chi connectivity index (χ3v) is 4.87. The second kappa shape index (κ2) is 6.54. The topological polar surface area (TPSA) is 20.3 Å². The van der Waals surface area contributed by atoms with E-state index in [2.05, 4.69) is 11.8 Å². The number of carbonyl (C=O) groups is 1. The van der Waals surface area contributed by atoms with Crippen LogP contribution in [0.15, 0.2) is 84.9 Å². The highest BCUT2D eigenvalue weighted by Gasteiger charge is 2.45. The average molecular weight is 337 g/mol. The lowest BCUT2D eigenvalue weighted by molar-refractivity contribution is 0.0654. The van der Waals surface area contributed by atoms with Gasteiger partial charge in [-0.2, -0.15) is 0 Å². The Morgan fingerprint density at radius 1 is 0.846 bits per heavy atom. The molecule has 2 nitrogen and oxygen atoms in total. The van der Waals surface area contributed by atoms with Crippen LogP contribution in [-0.4, -0.2) is 10.8 Å². The molecule has 0 N–H and O–H groups in total. The molecule has 0 radical (unpaired) electrons. The first kappa shape index (κ1) is 16.2. The summed E-state index contributed by atoms with van der Waals surface area (Å²) in [6, 6.07) is 27.7. The van der Waals surface area contributed by atoms with E-state index in [4.69, 9.17) is 0 Å². The van der Waals surface area contributed by atoms with E-state index in [9.17, 15) is 4.79 Å². The summed E-state index contributed by atoms with van der Waals surface area (Å²) in [6.07, 6.45) is 0. The van der Waals surface area contributed by atoms with E-state index >= 15 is 0 Å². The zero-order valence-electron chi connectivity index (χ0n) is 14.6. The molecule has 1 unspecified atom stereocenters. The van der Waals surface area contributed by atoms with Crippen molar-refractivity contribution >= 4 is 5.91 Å². The minimum absolute atomic E-state index is 0.0364. The van der Waals surface area contributed by atoms with Gasteiger partial charge in [-0.3, -0.25) is 4.79 Å². The number of fused-ring (bicyclic) bond motifs is 1. The van der Waals surface area contributed by atoms with Crippen LogP contribution in [-0.2, 0) is 12.1 Å². The highest BCUT2D eigenvalue weighted by Crippen LogP contribution is 2.39. The van der Waals surface area contributed by atoms with E-state index in [1.54, 1.807) is 0 Å². The zero-order valence-corrected chi connectivity index (χ0v) is 14.6. The van der Waals surface area contributed by atoms with Gasteiger partial charge >= 0.3 is 0 Å². The fourth-order valence-electron chi connectivity index (χ4n) is 3.43. The minimum atomic E-state index is -0.653. The van der Waals surface area contributed by atoms with Crippen molar-refractivity contribution in [3.63, 3.8) is 0 Å². The highest BCUT2D eigenvalue weighted by atomic mass is 16.2. The van der Waals surface area contributed by atoms with E-state index in [1.807, 2.05) is 96.8 Å². The molecule has 2 heteroatoms. The molecule has 0 aliphatic carbocycles. The number of amides is 1. The van der Waals surface area contributed by atoms with Gasteiger partial charge in [-0.05, 0) is 30.7 Å². The van der Waals surface area contributed by atoms with E-state index in [1.165, 1.54) is 0 Å².